The summed E-state index contributed by atoms with van der Waals surface area (Å²) in [5.74, 6) is -0.584. The van der Waals surface area contributed by atoms with Crippen LogP contribution in [-0.2, 0) is 4.79 Å². The zero-order valence-electron chi connectivity index (χ0n) is 33.0. The maximum Gasteiger partial charge on any atom is 0.249 e. The van der Waals surface area contributed by atoms with Crippen molar-refractivity contribution in [1.82, 2.24) is 5.32 Å². The van der Waals surface area contributed by atoms with E-state index in [0.29, 0.717) is 12.8 Å². The fraction of sp³-hybridized carbons (Fsp3) is 0.977. The summed E-state index contributed by atoms with van der Waals surface area (Å²) in [6.07, 6.45) is 40.1. The third kappa shape index (κ3) is 32.9. The summed E-state index contributed by atoms with van der Waals surface area (Å²) in [5, 5.41) is 43.5. The fourth-order valence-corrected chi connectivity index (χ4v) is 7.05. The van der Waals surface area contributed by atoms with Gasteiger partial charge in [0, 0.05) is 0 Å². The summed E-state index contributed by atoms with van der Waals surface area (Å²) < 4.78 is 0. The summed E-state index contributed by atoms with van der Waals surface area (Å²) in [6.45, 7) is 4.03. The van der Waals surface area contributed by atoms with Crippen LogP contribution in [0.1, 0.15) is 239 Å². The van der Waals surface area contributed by atoms with Gasteiger partial charge < -0.3 is 25.7 Å². The van der Waals surface area contributed by atoms with Crippen LogP contribution in [-0.4, -0.2) is 57.3 Å². The number of carbonyl (C=O) groups is 1. The number of rotatable bonds is 40. The molecule has 4 atom stereocenters. The monoisotopic (exact) mass is 698 g/mol. The first kappa shape index (κ1) is 48.3. The molecule has 0 radical (unpaired) electrons. The van der Waals surface area contributed by atoms with Gasteiger partial charge in [0.15, 0.2) is 0 Å². The average Bonchev–Trinajstić information content (AvgIpc) is 3.11. The van der Waals surface area contributed by atoms with Gasteiger partial charge in [0.2, 0.25) is 5.91 Å². The second-order valence-corrected chi connectivity index (χ2v) is 15.4. The minimum atomic E-state index is -1.25. The summed E-state index contributed by atoms with van der Waals surface area (Å²) in [7, 11) is 0. The predicted molar refractivity (Wildman–Crippen MR) is 210 cm³/mol. The van der Waals surface area contributed by atoms with Crippen molar-refractivity contribution in [3.8, 4) is 0 Å². The Labute approximate surface area is 305 Å². The number of amides is 1. The van der Waals surface area contributed by atoms with Crippen molar-refractivity contribution in [2.45, 2.75) is 263 Å². The zero-order chi connectivity index (χ0) is 36.0. The van der Waals surface area contributed by atoms with Crippen molar-refractivity contribution in [3.05, 3.63) is 0 Å². The van der Waals surface area contributed by atoms with Crippen LogP contribution in [0.4, 0.5) is 0 Å². The van der Waals surface area contributed by atoms with Gasteiger partial charge in [0.25, 0.3) is 0 Å². The summed E-state index contributed by atoms with van der Waals surface area (Å²) in [4.78, 5) is 12.4. The van der Waals surface area contributed by atoms with Gasteiger partial charge >= 0.3 is 0 Å². The first-order valence-electron chi connectivity index (χ1n) is 21.9. The minimum absolute atomic E-state index is 0.373. The highest BCUT2D eigenvalue weighted by atomic mass is 16.3. The van der Waals surface area contributed by atoms with Gasteiger partial charge in [-0.05, 0) is 12.8 Å². The molecule has 49 heavy (non-hydrogen) atoms. The molecule has 294 valence electrons. The third-order valence-electron chi connectivity index (χ3n) is 10.6. The molecule has 0 aliphatic rings. The molecule has 0 spiro atoms. The number of hydrogen-bond acceptors (Lipinski definition) is 5. The Morgan fingerprint density at radius 1 is 0.429 bits per heavy atom. The molecule has 0 aliphatic carbocycles. The number of unbranched alkanes of at least 4 members (excludes halogenated alkanes) is 31. The molecule has 0 aromatic heterocycles. The predicted octanol–water partition coefficient (Wildman–Crippen LogP) is 11.2. The average molecular weight is 698 g/mol. The summed E-state index contributed by atoms with van der Waals surface area (Å²) >= 11 is 0. The van der Waals surface area contributed by atoms with E-state index in [1.165, 1.54) is 173 Å². The van der Waals surface area contributed by atoms with E-state index in [4.69, 9.17) is 0 Å². The standard InChI is InChI=1S/C43H87NO5/c1-3-5-7-9-11-13-14-15-16-17-18-19-20-21-22-23-24-25-26-27-29-30-32-34-36-40(46)42(48)39(38-45)44-43(49)41(47)37-35-33-31-28-12-10-8-6-4-2/h39-42,45-48H,3-38H2,1-2H3,(H,44,49). The molecule has 0 saturated heterocycles. The first-order valence-corrected chi connectivity index (χ1v) is 21.9. The van der Waals surface area contributed by atoms with E-state index in [0.717, 1.165) is 38.5 Å². The van der Waals surface area contributed by atoms with E-state index in [1.54, 1.807) is 0 Å². The van der Waals surface area contributed by atoms with E-state index < -0.39 is 36.9 Å². The van der Waals surface area contributed by atoms with Gasteiger partial charge in [0.05, 0.1) is 18.8 Å². The van der Waals surface area contributed by atoms with Crippen molar-refractivity contribution >= 4 is 5.91 Å². The zero-order valence-corrected chi connectivity index (χ0v) is 33.0. The normalized spacial score (nSPS) is 14.2. The van der Waals surface area contributed by atoms with Crippen molar-refractivity contribution in [2.24, 2.45) is 0 Å². The molecule has 0 rings (SSSR count). The molecule has 6 nitrogen and oxygen atoms in total. The van der Waals surface area contributed by atoms with E-state index >= 15 is 0 Å². The van der Waals surface area contributed by atoms with Crippen LogP contribution >= 0.6 is 0 Å². The van der Waals surface area contributed by atoms with Gasteiger partial charge in [-0.3, -0.25) is 4.79 Å². The van der Waals surface area contributed by atoms with E-state index in [-0.39, 0.29) is 0 Å². The fourth-order valence-electron chi connectivity index (χ4n) is 7.05. The number of hydrogen-bond donors (Lipinski definition) is 5. The molecule has 0 heterocycles. The lowest BCUT2D eigenvalue weighted by atomic mass is 9.99. The number of aliphatic hydroxyl groups is 4. The molecule has 0 aliphatic heterocycles. The molecule has 4 unspecified atom stereocenters. The summed E-state index contributed by atoms with van der Waals surface area (Å²) in [6, 6.07) is -0.977. The van der Waals surface area contributed by atoms with Gasteiger partial charge in [-0.15, -0.1) is 0 Å². The highest BCUT2D eigenvalue weighted by Crippen LogP contribution is 2.17. The van der Waals surface area contributed by atoms with Crippen molar-refractivity contribution in [1.29, 1.82) is 0 Å². The van der Waals surface area contributed by atoms with Crippen molar-refractivity contribution in [3.63, 3.8) is 0 Å². The Morgan fingerprint density at radius 3 is 0.980 bits per heavy atom. The molecule has 0 aromatic rings. The number of aliphatic hydroxyl groups excluding tert-OH is 4. The molecule has 0 bridgehead atoms. The van der Waals surface area contributed by atoms with Crippen LogP contribution in [0.5, 0.6) is 0 Å². The molecule has 0 aromatic carbocycles. The maximum atomic E-state index is 12.4. The first-order chi connectivity index (χ1) is 24.0. The minimum Gasteiger partial charge on any atom is -0.394 e. The Balaban J connectivity index is 3.60. The van der Waals surface area contributed by atoms with E-state index in [2.05, 4.69) is 19.2 Å². The van der Waals surface area contributed by atoms with Crippen LogP contribution in [0.15, 0.2) is 0 Å². The van der Waals surface area contributed by atoms with Gasteiger partial charge in [-0.1, -0.05) is 226 Å². The van der Waals surface area contributed by atoms with Crippen LogP contribution in [0.3, 0.4) is 0 Å². The Morgan fingerprint density at radius 2 is 0.694 bits per heavy atom. The van der Waals surface area contributed by atoms with Crippen LogP contribution < -0.4 is 5.32 Å². The van der Waals surface area contributed by atoms with Crippen molar-refractivity contribution in [2.75, 3.05) is 6.61 Å². The Bertz CT molecular complexity index is 662. The quantitative estimate of drug-likeness (QED) is 0.0409. The molecular weight excluding hydrogens is 610 g/mol. The molecule has 0 fully saturated rings. The lowest BCUT2D eigenvalue weighted by Crippen LogP contribution is -2.53. The van der Waals surface area contributed by atoms with E-state index in [1.807, 2.05) is 0 Å². The molecule has 6 heteroatoms. The highest BCUT2D eigenvalue weighted by molar-refractivity contribution is 5.80. The molecule has 5 N–H and O–H groups in total. The number of carbonyl (C=O) groups excluding carboxylic acids is 1. The molecule has 1 amide bonds. The molecule has 0 saturated carbocycles. The van der Waals surface area contributed by atoms with Gasteiger partial charge in [-0.25, -0.2) is 0 Å². The maximum absolute atomic E-state index is 12.4. The van der Waals surface area contributed by atoms with E-state index in [9.17, 15) is 25.2 Å². The van der Waals surface area contributed by atoms with Crippen LogP contribution in [0.2, 0.25) is 0 Å². The van der Waals surface area contributed by atoms with Crippen molar-refractivity contribution < 1.29 is 25.2 Å². The summed E-state index contributed by atoms with van der Waals surface area (Å²) in [5.41, 5.74) is 0. The highest BCUT2D eigenvalue weighted by Gasteiger charge is 2.28. The topological polar surface area (TPSA) is 110 Å². The number of nitrogens with one attached hydrogen (secondary N) is 1. The van der Waals surface area contributed by atoms with Crippen LogP contribution in [0.25, 0.3) is 0 Å². The van der Waals surface area contributed by atoms with Gasteiger partial charge in [0.1, 0.15) is 12.2 Å². The lowest BCUT2D eigenvalue weighted by Gasteiger charge is -2.27. The Hall–Kier alpha value is -0.690. The smallest absolute Gasteiger partial charge is 0.249 e. The largest absolute Gasteiger partial charge is 0.394 e. The second-order valence-electron chi connectivity index (χ2n) is 15.4. The van der Waals surface area contributed by atoms with Gasteiger partial charge in [-0.2, -0.15) is 0 Å². The van der Waals surface area contributed by atoms with Crippen LogP contribution in [0, 0.1) is 0 Å². The second kappa shape index (κ2) is 38.5. The lowest BCUT2D eigenvalue weighted by molar-refractivity contribution is -0.132. The SMILES string of the molecule is CCCCCCCCCCCCCCCCCCCCCCCCCCC(O)C(O)C(CO)NC(=O)C(O)CCCCCCCCCCC. The third-order valence-corrected chi connectivity index (χ3v) is 10.6. The molecular formula is C43H87NO5. The Kier molecular flexibility index (Phi) is 38.0.